The molecule has 18 heavy (non-hydrogen) atoms. The van der Waals surface area contributed by atoms with Crippen molar-refractivity contribution in [3.8, 4) is 0 Å². The van der Waals surface area contributed by atoms with Gasteiger partial charge in [0.15, 0.2) is 0 Å². The normalized spacial score (nSPS) is 24.9. The van der Waals surface area contributed by atoms with Crippen molar-refractivity contribution < 1.29 is 17.6 Å². The molecule has 2 rings (SSSR count). The first-order valence-corrected chi connectivity index (χ1v) is 5.91. The van der Waals surface area contributed by atoms with Gasteiger partial charge in [-0.3, -0.25) is 0 Å². The van der Waals surface area contributed by atoms with Crippen molar-refractivity contribution >= 4 is 5.82 Å². The molecule has 2 nitrogen and oxygen atoms in total. The number of pyridine rings is 1. The average molecular weight is 262 g/mol. The summed E-state index contributed by atoms with van der Waals surface area (Å²) in [5.74, 6) is -1.61. The molecule has 0 radical (unpaired) electrons. The number of rotatable bonds is 2. The summed E-state index contributed by atoms with van der Waals surface area (Å²) < 4.78 is 50.7. The Labute approximate surface area is 102 Å². The molecule has 0 aliphatic heterocycles. The van der Waals surface area contributed by atoms with E-state index in [0.29, 0.717) is 18.7 Å². The number of anilines is 1. The van der Waals surface area contributed by atoms with Crippen LogP contribution in [0.25, 0.3) is 0 Å². The zero-order valence-corrected chi connectivity index (χ0v) is 9.67. The van der Waals surface area contributed by atoms with Gasteiger partial charge in [-0.05, 0) is 31.4 Å². The molecule has 6 heteroatoms. The van der Waals surface area contributed by atoms with E-state index in [4.69, 9.17) is 0 Å². The van der Waals surface area contributed by atoms with Crippen LogP contribution < -0.4 is 5.32 Å². The van der Waals surface area contributed by atoms with Gasteiger partial charge < -0.3 is 5.32 Å². The van der Waals surface area contributed by atoms with E-state index in [1.165, 1.54) is 12.1 Å². The molecule has 1 N–H and O–H groups in total. The van der Waals surface area contributed by atoms with Crippen LogP contribution in [-0.4, -0.2) is 17.2 Å². The number of aromatic nitrogens is 1. The van der Waals surface area contributed by atoms with Gasteiger partial charge in [0.1, 0.15) is 5.82 Å². The van der Waals surface area contributed by atoms with E-state index in [1.54, 1.807) is 6.07 Å². The van der Waals surface area contributed by atoms with Gasteiger partial charge in [0.2, 0.25) is 5.95 Å². The molecule has 2 unspecified atom stereocenters. The third-order valence-electron chi connectivity index (χ3n) is 3.20. The molecule has 2 atom stereocenters. The van der Waals surface area contributed by atoms with Crippen LogP contribution in [0.2, 0.25) is 0 Å². The zero-order valence-electron chi connectivity index (χ0n) is 9.67. The first-order valence-electron chi connectivity index (χ1n) is 5.91. The summed E-state index contributed by atoms with van der Waals surface area (Å²) in [5, 5.41) is 2.87. The van der Waals surface area contributed by atoms with Gasteiger partial charge in [-0.25, -0.2) is 4.98 Å². The smallest absolute Gasteiger partial charge is 0.367 e. The Hall–Kier alpha value is -1.33. The standard InChI is InChI=1S/C12H14F4N2/c13-10-5-2-6-11(18-10)17-9-4-1-3-8(7-9)12(14,15)16/h2,5-6,8-9H,1,3-4,7H2,(H,17,18). The first kappa shape index (κ1) is 13.1. The van der Waals surface area contributed by atoms with E-state index < -0.39 is 18.0 Å². The number of nitrogens with zero attached hydrogens (tertiary/aromatic N) is 1. The van der Waals surface area contributed by atoms with Crippen LogP contribution in [0.15, 0.2) is 18.2 Å². The van der Waals surface area contributed by atoms with Gasteiger partial charge >= 0.3 is 6.18 Å². The van der Waals surface area contributed by atoms with Crippen molar-refractivity contribution in [1.29, 1.82) is 0 Å². The second-order valence-corrected chi connectivity index (χ2v) is 4.59. The lowest BCUT2D eigenvalue weighted by molar-refractivity contribution is -0.182. The number of alkyl halides is 3. The van der Waals surface area contributed by atoms with E-state index in [-0.39, 0.29) is 18.9 Å². The Balaban J connectivity index is 1.98. The van der Waals surface area contributed by atoms with Crippen LogP contribution in [0, 0.1) is 11.9 Å². The van der Waals surface area contributed by atoms with E-state index in [9.17, 15) is 17.6 Å². The zero-order chi connectivity index (χ0) is 13.2. The van der Waals surface area contributed by atoms with Crippen molar-refractivity contribution in [2.45, 2.75) is 37.9 Å². The lowest BCUT2D eigenvalue weighted by atomic mass is 9.85. The minimum Gasteiger partial charge on any atom is -0.367 e. The van der Waals surface area contributed by atoms with Gasteiger partial charge in [-0.2, -0.15) is 17.6 Å². The average Bonchev–Trinajstić information content (AvgIpc) is 2.28. The molecular formula is C12H14F4N2. The molecule has 1 aromatic rings. The predicted molar refractivity (Wildman–Crippen MR) is 59.6 cm³/mol. The number of hydrogen-bond acceptors (Lipinski definition) is 2. The molecule has 1 saturated carbocycles. The Morgan fingerprint density at radius 3 is 2.67 bits per heavy atom. The van der Waals surface area contributed by atoms with Gasteiger partial charge in [0.05, 0.1) is 5.92 Å². The molecule has 1 heterocycles. The maximum Gasteiger partial charge on any atom is 0.391 e. The highest BCUT2D eigenvalue weighted by atomic mass is 19.4. The highest BCUT2D eigenvalue weighted by molar-refractivity contribution is 5.34. The van der Waals surface area contributed by atoms with Crippen molar-refractivity contribution in [1.82, 2.24) is 4.98 Å². The molecule has 0 bridgehead atoms. The Bertz CT molecular complexity index is 405. The fraction of sp³-hybridized carbons (Fsp3) is 0.583. The quantitative estimate of drug-likeness (QED) is 0.648. The summed E-state index contributed by atoms with van der Waals surface area (Å²) in [6, 6.07) is 3.94. The molecule has 1 aromatic heterocycles. The van der Waals surface area contributed by atoms with E-state index >= 15 is 0 Å². The van der Waals surface area contributed by atoms with Crippen LogP contribution in [-0.2, 0) is 0 Å². The Morgan fingerprint density at radius 1 is 1.22 bits per heavy atom. The molecule has 1 aliphatic rings. The Morgan fingerprint density at radius 2 is 2.00 bits per heavy atom. The van der Waals surface area contributed by atoms with Gasteiger partial charge in [0, 0.05) is 6.04 Å². The minimum absolute atomic E-state index is 0.0295. The van der Waals surface area contributed by atoms with Crippen molar-refractivity contribution in [2.24, 2.45) is 5.92 Å². The van der Waals surface area contributed by atoms with E-state index in [0.717, 1.165) is 0 Å². The first-order chi connectivity index (χ1) is 8.45. The highest BCUT2D eigenvalue weighted by Crippen LogP contribution is 2.38. The highest BCUT2D eigenvalue weighted by Gasteiger charge is 2.42. The van der Waals surface area contributed by atoms with Crippen molar-refractivity contribution in [2.75, 3.05) is 5.32 Å². The van der Waals surface area contributed by atoms with E-state index in [1.807, 2.05) is 0 Å². The second-order valence-electron chi connectivity index (χ2n) is 4.59. The number of nitrogens with one attached hydrogen (secondary N) is 1. The molecule has 100 valence electrons. The van der Waals surface area contributed by atoms with Crippen LogP contribution >= 0.6 is 0 Å². The third-order valence-corrected chi connectivity index (χ3v) is 3.20. The molecule has 0 aromatic carbocycles. The molecule has 0 amide bonds. The largest absolute Gasteiger partial charge is 0.391 e. The number of hydrogen-bond donors (Lipinski definition) is 1. The number of halogens is 4. The second kappa shape index (κ2) is 5.12. The van der Waals surface area contributed by atoms with Crippen LogP contribution in [0.1, 0.15) is 25.7 Å². The summed E-state index contributed by atoms with van der Waals surface area (Å²) in [4.78, 5) is 3.60. The monoisotopic (exact) mass is 262 g/mol. The minimum atomic E-state index is -4.14. The lowest BCUT2D eigenvalue weighted by Gasteiger charge is -2.31. The van der Waals surface area contributed by atoms with Gasteiger partial charge in [-0.15, -0.1) is 0 Å². The topological polar surface area (TPSA) is 24.9 Å². The molecule has 0 saturated heterocycles. The summed E-state index contributed by atoms with van der Waals surface area (Å²) >= 11 is 0. The van der Waals surface area contributed by atoms with Crippen molar-refractivity contribution in [3.63, 3.8) is 0 Å². The molecular weight excluding hydrogens is 248 g/mol. The molecule has 1 fully saturated rings. The van der Waals surface area contributed by atoms with Crippen LogP contribution in [0.4, 0.5) is 23.4 Å². The lowest BCUT2D eigenvalue weighted by Crippen LogP contribution is -2.34. The SMILES string of the molecule is Fc1cccc(NC2CCCC(C(F)(F)F)C2)n1. The molecule has 0 spiro atoms. The van der Waals surface area contributed by atoms with Crippen molar-refractivity contribution in [3.05, 3.63) is 24.1 Å². The van der Waals surface area contributed by atoms with E-state index in [2.05, 4.69) is 10.3 Å². The van der Waals surface area contributed by atoms with Crippen LogP contribution in [0.5, 0.6) is 0 Å². The maximum atomic E-state index is 12.9. The molecule has 1 aliphatic carbocycles. The summed E-state index contributed by atoms with van der Waals surface area (Å²) in [6.07, 6.45) is -2.75. The predicted octanol–water partition coefficient (Wildman–Crippen LogP) is 3.75. The fourth-order valence-electron chi connectivity index (χ4n) is 2.32. The summed E-state index contributed by atoms with van der Waals surface area (Å²) in [5.41, 5.74) is 0. The fourth-order valence-corrected chi connectivity index (χ4v) is 2.32. The maximum absolute atomic E-state index is 12.9. The third kappa shape index (κ3) is 3.34. The summed E-state index contributed by atoms with van der Waals surface area (Å²) in [6.45, 7) is 0. The Kier molecular flexibility index (Phi) is 3.73. The van der Waals surface area contributed by atoms with Crippen LogP contribution in [0.3, 0.4) is 0 Å². The summed E-state index contributed by atoms with van der Waals surface area (Å²) in [7, 11) is 0. The van der Waals surface area contributed by atoms with Gasteiger partial charge in [-0.1, -0.05) is 12.5 Å². The van der Waals surface area contributed by atoms with Gasteiger partial charge in [0.25, 0.3) is 0 Å².